The second kappa shape index (κ2) is 5.69. The van der Waals surface area contributed by atoms with Crippen molar-refractivity contribution in [3.63, 3.8) is 0 Å². The third kappa shape index (κ3) is 2.65. The lowest BCUT2D eigenvalue weighted by atomic mass is 9.88. The summed E-state index contributed by atoms with van der Waals surface area (Å²) in [5.74, 6) is 2.85. The molecule has 0 bridgehead atoms. The fourth-order valence-electron chi connectivity index (χ4n) is 2.14. The molecule has 0 radical (unpaired) electrons. The predicted molar refractivity (Wildman–Crippen MR) is 81.5 cm³/mol. The molecule has 3 rings (SSSR count). The lowest BCUT2D eigenvalue weighted by molar-refractivity contribution is 0.204. The van der Waals surface area contributed by atoms with Crippen LogP contribution in [0.3, 0.4) is 0 Å². The zero-order valence-electron chi connectivity index (χ0n) is 12.2. The molecule has 0 saturated heterocycles. The zero-order chi connectivity index (χ0) is 14.9. The van der Waals surface area contributed by atoms with Crippen molar-refractivity contribution in [2.24, 2.45) is 5.73 Å². The largest absolute Gasteiger partial charge is 0.480 e. The van der Waals surface area contributed by atoms with Crippen molar-refractivity contribution < 1.29 is 9.26 Å². The summed E-state index contributed by atoms with van der Waals surface area (Å²) in [5.41, 5.74) is 5.56. The number of nitrogens with zero attached hydrogens (tertiary/aromatic N) is 2. The third-order valence-electron chi connectivity index (χ3n) is 3.99. The Hall–Kier alpha value is -1.53. The minimum Gasteiger partial charge on any atom is -0.480 e. The van der Waals surface area contributed by atoms with Crippen LogP contribution in [0.4, 0.5) is 0 Å². The molecule has 1 aromatic heterocycles. The standard InChI is InChI=1S/C15H19N3O2S/c1-3-15(2,9-16)14-17-13(18-20-14)11-8-21-12-7-5-4-6-10(12)19-11/h4-7,11H,3,8-9,16H2,1-2H3. The van der Waals surface area contributed by atoms with Gasteiger partial charge in [0.2, 0.25) is 11.7 Å². The van der Waals surface area contributed by atoms with Crippen LogP contribution in [0.5, 0.6) is 5.75 Å². The van der Waals surface area contributed by atoms with Gasteiger partial charge in [0.25, 0.3) is 0 Å². The van der Waals surface area contributed by atoms with Gasteiger partial charge < -0.3 is 15.0 Å². The van der Waals surface area contributed by atoms with Gasteiger partial charge in [0.05, 0.1) is 5.41 Å². The Morgan fingerprint density at radius 3 is 3.00 bits per heavy atom. The number of fused-ring (bicyclic) bond motifs is 1. The van der Waals surface area contributed by atoms with Crippen LogP contribution in [-0.2, 0) is 5.41 Å². The molecule has 1 aromatic carbocycles. The highest BCUT2D eigenvalue weighted by Gasteiger charge is 2.32. The SMILES string of the molecule is CCC(C)(CN)c1nc(C2CSc3ccccc3O2)no1. The summed E-state index contributed by atoms with van der Waals surface area (Å²) in [7, 11) is 0. The van der Waals surface area contributed by atoms with Gasteiger partial charge in [-0.1, -0.05) is 24.2 Å². The molecule has 0 aliphatic carbocycles. The van der Waals surface area contributed by atoms with Gasteiger partial charge in [0.1, 0.15) is 5.75 Å². The van der Waals surface area contributed by atoms with E-state index in [9.17, 15) is 0 Å². The molecule has 6 heteroatoms. The zero-order valence-corrected chi connectivity index (χ0v) is 13.0. The molecular weight excluding hydrogens is 286 g/mol. The molecule has 2 unspecified atom stereocenters. The molecule has 2 N–H and O–H groups in total. The quantitative estimate of drug-likeness (QED) is 0.936. The molecule has 0 saturated carbocycles. The van der Waals surface area contributed by atoms with Gasteiger partial charge in [-0.3, -0.25) is 0 Å². The lowest BCUT2D eigenvalue weighted by Crippen LogP contribution is -2.31. The van der Waals surface area contributed by atoms with Crippen LogP contribution < -0.4 is 10.5 Å². The number of para-hydroxylation sites is 1. The molecule has 1 aliphatic rings. The molecule has 0 amide bonds. The number of nitrogens with two attached hydrogens (primary N) is 1. The summed E-state index contributed by atoms with van der Waals surface area (Å²) in [5, 5.41) is 4.09. The summed E-state index contributed by atoms with van der Waals surface area (Å²) >= 11 is 1.75. The van der Waals surface area contributed by atoms with E-state index in [1.807, 2.05) is 25.1 Å². The number of hydrogen-bond acceptors (Lipinski definition) is 6. The van der Waals surface area contributed by atoms with Gasteiger partial charge in [-0.2, -0.15) is 4.98 Å². The minimum atomic E-state index is -0.273. The Balaban J connectivity index is 1.82. The van der Waals surface area contributed by atoms with E-state index < -0.39 is 0 Å². The van der Waals surface area contributed by atoms with E-state index in [2.05, 4.69) is 23.1 Å². The van der Waals surface area contributed by atoms with Crippen molar-refractivity contribution in [1.82, 2.24) is 10.1 Å². The Kier molecular flexibility index (Phi) is 3.91. The highest BCUT2D eigenvalue weighted by molar-refractivity contribution is 7.99. The first kappa shape index (κ1) is 14.4. The predicted octanol–water partition coefficient (Wildman–Crippen LogP) is 2.92. The summed E-state index contributed by atoms with van der Waals surface area (Å²) in [6.45, 7) is 4.59. The smallest absolute Gasteiger partial charge is 0.233 e. The number of hydrogen-bond donors (Lipinski definition) is 1. The summed E-state index contributed by atoms with van der Waals surface area (Å²) in [6.07, 6.45) is 0.676. The average Bonchev–Trinajstić information content (AvgIpc) is 3.04. The fraction of sp³-hybridized carbons (Fsp3) is 0.467. The minimum absolute atomic E-state index is 0.179. The Labute approximate surface area is 128 Å². The van der Waals surface area contributed by atoms with Crippen LogP contribution in [0.25, 0.3) is 0 Å². The molecule has 2 aromatic rings. The van der Waals surface area contributed by atoms with E-state index in [1.165, 1.54) is 0 Å². The van der Waals surface area contributed by atoms with E-state index in [1.54, 1.807) is 11.8 Å². The van der Waals surface area contributed by atoms with Gasteiger partial charge in [-0.15, -0.1) is 11.8 Å². The van der Waals surface area contributed by atoms with Gasteiger partial charge in [0, 0.05) is 17.2 Å². The van der Waals surface area contributed by atoms with E-state index >= 15 is 0 Å². The first-order valence-corrected chi connectivity index (χ1v) is 8.07. The lowest BCUT2D eigenvalue weighted by Gasteiger charge is -2.23. The maximum absolute atomic E-state index is 5.97. The van der Waals surface area contributed by atoms with Crippen molar-refractivity contribution in [2.75, 3.05) is 12.3 Å². The maximum Gasteiger partial charge on any atom is 0.233 e. The van der Waals surface area contributed by atoms with Gasteiger partial charge in [0.15, 0.2) is 6.10 Å². The molecular formula is C15H19N3O2S. The Morgan fingerprint density at radius 2 is 2.24 bits per heavy atom. The van der Waals surface area contributed by atoms with Gasteiger partial charge in [-0.25, -0.2) is 0 Å². The van der Waals surface area contributed by atoms with E-state index in [0.29, 0.717) is 18.3 Å². The number of rotatable bonds is 4. The third-order valence-corrected chi connectivity index (χ3v) is 5.10. The van der Waals surface area contributed by atoms with Crippen LogP contribution in [0.1, 0.15) is 38.1 Å². The molecule has 2 heterocycles. The first-order valence-electron chi connectivity index (χ1n) is 7.09. The van der Waals surface area contributed by atoms with Crippen molar-refractivity contribution in [2.45, 2.75) is 36.7 Å². The van der Waals surface area contributed by atoms with Crippen molar-refractivity contribution in [3.05, 3.63) is 36.0 Å². The Morgan fingerprint density at radius 1 is 1.43 bits per heavy atom. The number of thioether (sulfide) groups is 1. The summed E-state index contributed by atoms with van der Waals surface area (Å²) in [6, 6.07) is 7.99. The van der Waals surface area contributed by atoms with Crippen LogP contribution in [0, 0.1) is 0 Å². The monoisotopic (exact) mass is 305 g/mol. The van der Waals surface area contributed by atoms with E-state index in [0.717, 1.165) is 22.8 Å². The molecule has 1 aliphatic heterocycles. The van der Waals surface area contributed by atoms with Crippen LogP contribution >= 0.6 is 11.8 Å². The normalized spacial score (nSPS) is 20.4. The maximum atomic E-state index is 5.97. The van der Waals surface area contributed by atoms with Gasteiger partial charge in [-0.05, 0) is 25.5 Å². The molecule has 112 valence electrons. The van der Waals surface area contributed by atoms with Crippen molar-refractivity contribution >= 4 is 11.8 Å². The molecule has 2 atom stereocenters. The van der Waals surface area contributed by atoms with E-state index in [-0.39, 0.29) is 11.5 Å². The average molecular weight is 305 g/mol. The highest BCUT2D eigenvalue weighted by Crippen LogP contribution is 2.39. The number of aromatic nitrogens is 2. The summed E-state index contributed by atoms with van der Waals surface area (Å²) in [4.78, 5) is 5.68. The van der Waals surface area contributed by atoms with Crippen LogP contribution in [-0.4, -0.2) is 22.4 Å². The molecule has 0 fully saturated rings. The molecule has 0 spiro atoms. The first-order chi connectivity index (χ1) is 10.2. The Bertz CT molecular complexity index is 625. The van der Waals surface area contributed by atoms with Gasteiger partial charge >= 0.3 is 0 Å². The van der Waals surface area contributed by atoms with Crippen LogP contribution in [0.2, 0.25) is 0 Å². The van der Waals surface area contributed by atoms with Crippen molar-refractivity contribution in [3.8, 4) is 5.75 Å². The van der Waals surface area contributed by atoms with Crippen molar-refractivity contribution in [1.29, 1.82) is 0 Å². The highest BCUT2D eigenvalue weighted by atomic mass is 32.2. The van der Waals surface area contributed by atoms with Crippen LogP contribution in [0.15, 0.2) is 33.7 Å². The molecule has 5 nitrogen and oxygen atoms in total. The number of ether oxygens (including phenoxy) is 1. The topological polar surface area (TPSA) is 74.2 Å². The fourth-order valence-corrected chi connectivity index (χ4v) is 3.12. The second-order valence-electron chi connectivity index (χ2n) is 5.44. The summed E-state index contributed by atoms with van der Waals surface area (Å²) < 4.78 is 11.4. The second-order valence-corrected chi connectivity index (χ2v) is 6.50. The molecule has 21 heavy (non-hydrogen) atoms. The van der Waals surface area contributed by atoms with E-state index in [4.69, 9.17) is 15.0 Å². The number of benzene rings is 1.